The fourth-order valence-electron chi connectivity index (χ4n) is 1.07. The first-order valence-corrected chi connectivity index (χ1v) is 5.14. The molecule has 0 heterocycles. The molecular weight excluding hydrogens is 204 g/mol. The molecule has 0 fully saturated rings. The zero-order valence-corrected chi connectivity index (χ0v) is 10.1. The highest BCUT2D eigenvalue weighted by molar-refractivity contribution is 5.89. The van der Waals surface area contributed by atoms with Gasteiger partial charge >= 0.3 is 5.97 Å². The summed E-state index contributed by atoms with van der Waals surface area (Å²) < 4.78 is 4.62. The summed E-state index contributed by atoms with van der Waals surface area (Å²) in [4.78, 5) is 11.2. The van der Waals surface area contributed by atoms with Gasteiger partial charge in [-0.2, -0.15) is 0 Å². The Kier molecular flexibility index (Phi) is 3.90. The number of rotatable bonds is 3. The lowest BCUT2D eigenvalue weighted by atomic mass is 10.1. The van der Waals surface area contributed by atoms with Gasteiger partial charge in [-0.3, -0.25) is 0 Å². The molecule has 1 rings (SSSR count). The van der Waals surface area contributed by atoms with E-state index >= 15 is 0 Å². The number of anilines is 1. The molecule has 0 atom stereocenters. The molecule has 2 N–H and O–H groups in total. The number of nitrogens with one attached hydrogen (secondary N) is 2. The van der Waals surface area contributed by atoms with E-state index in [0.717, 1.165) is 5.69 Å². The number of esters is 1. The number of hydrogen-bond donors (Lipinski definition) is 2. The normalized spacial score (nSPS) is 11.0. The van der Waals surface area contributed by atoms with Crippen LogP contribution in [0.2, 0.25) is 0 Å². The smallest absolute Gasteiger partial charge is 0.337 e. The Balaban J connectivity index is 2.62. The monoisotopic (exact) mass is 222 g/mol. The van der Waals surface area contributed by atoms with Gasteiger partial charge in [0.1, 0.15) is 0 Å². The molecule has 0 bridgehead atoms. The molecule has 1 aromatic carbocycles. The van der Waals surface area contributed by atoms with E-state index in [4.69, 9.17) is 0 Å². The average molecular weight is 222 g/mol. The molecule has 0 aromatic heterocycles. The lowest BCUT2D eigenvalue weighted by Gasteiger charge is -2.21. The SMILES string of the molecule is COC(=O)c1ccc(NNC(C)(C)C)cc1. The van der Waals surface area contributed by atoms with Crippen molar-refractivity contribution in [2.45, 2.75) is 26.3 Å². The van der Waals surface area contributed by atoms with Crippen molar-refractivity contribution in [2.75, 3.05) is 12.5 Å². The van der Waals surface area contributed by atoms with Gasteiger partial charge in [-0.1, -0.05) is 0 Å². The van der Waals surface area contributed by atoms with Gasteiger partial charge in [-0.25, -0.2) is 10.2 Å². The molecule has 0 amide bonds. The molecule has 1 aromatic rings. The zero-order chi connectivity index (χ0) is 12.2. The maximum Gasteiger partial charge on any atom is 0.337 e. The van der Waals surface area contributed by atoms with E-state index in [1.807, 2.05) is 12.1 Å². The van der Waals surface area contributed by atoms with Gasteiger partial charge in [-0.05, 0) is 45.0 Å². The highest BCUT2D eigenvalue weighted by Crippen LogP contribution is 2.10. The molecule has 0 saturated carbocycles. The van der Waals surface area contributed by atoms with Crippen LogP contribution in [0.25, 0.3) is 0 Å². The van der Waals surface area contributed by atoms with Crippen molar-refractivity contribution in [3.63, 3.8) is 0 Å². The Morgan fingerprint density at radius 1 is 1.19 bits per heavy atom. The summed E-state index contributed by atoms with van der Waals surface area (Å²) in [7, 11) is 1.37. The predicted molar refractivity (Wildman–Crippen MR) is 64.3 cm³/mol. The Morgan fingerprint density at radius 2 is 1.75 bits per heavy atom. The van der Waals surface area contributed by atoms with Crippen LogP contribution >= 0.6 is 0 Å². The molecule has 0 spiro atoms. The van der Waals surface area contributed by atoms with Gasteiger partial charge in [0.05, 0.1) is 12.7 Å². The van der Waals surface area contributed by atoms with Crippen molar-refractivity contribution in [2.24, 2.45) is 0 Å². The second kappa shape index (κ2) is 4.99. The lowest BCUT2D eigenvalue weighted by Crippen LogP contribution is -2.40. The zero-order valence-electron chi connectivity index (χ0n) is 10.1. The standard InChI is InChI=1S/C12H18N2O2/c1-12(2,3)14-13-10-7-5-9(6-8-10)11(15)16-4/h5-8,13-14H,1-4H3. The number of hydrogen-bond acceptors (Lipinski definition) is 4. The molecule has 4 heteroatoms. The Labute approximate surface area is 96.0 Å². The average Bonchev–Trinajstić information content (AvgIpc) is 2.25. The minimum atomic E-state index is -0.324. The second-order valence-corrected chi connectivity index (χ2v) is 4.57. The largest absolute Gasteiger partial charge is 0.465 e. The summed E-state index contributed by atoms with van der Waals surface area (Å²) in [6.45, 7) is 6.18. The van der Waals surface area contributed by atoms with Crippen molar-refractivity contribution in [1.29, 1.82) is 0 Å². The Bertz CT molecular complexity index is 352. The fraction of sp³-hybridized carbons (Fsp3) is 0.417. The number of ether oxygens (including phenoxy) is 1. The summed E-state index contributed by atoms with van der Waals surface area (Å²) in [5, 5.41) is 0. The van der Waals surface area contributed by atoms with Crippen molar-refractivity contribution in [1.82, 2.24) is 5.43 Å². The van der Waals surface area contributed by atoms with Crippen LogP contribution in [0.15, 0.2) is 24.3 Å². The summed E-state index contributed by atoms with van der Waals surface area (Å²) >= 11 is 0. The molecular formula is C12H18N2O2. The molecule has 0 radical (unpaired) electrons. The van der Waals surface area contributed by atoms with Crippen LogP contribution in [-0.4, -0.2) is 18.6 Å². The minimum Gasteiger partial charge on any atom is -0.465 e. The molecule has 0 aliphatic heterocycles. The van der Waals surface area contributed by atoms with Crippen LogP contribution in [-0.2, 0) is 4.74 Å². The third kappa shape index (κ3) is 3.90. The molecule has 88 valence electrons. The van der Waals surface area contributed by atoms with Crippen LogP contribution < -0.4 is 10.9 Å². The third-order valence-electron chi connectivity index (χ3n) is 1.89. The van der Waals surface area contributed by atoms with Crippen molar-refractivity contribution in [3.8, 4) is 0 Å². The summed E-state index contributed by atoms with van der Waals surface area (Å²) in [6.07, 6.45) is 0. The molecule has 0 saturated heterocycles. The van der Waals surface area contributed by atoms with Gasteiger partial charge in [-0.15, -0.1) is 0 Å². The number of benzene rings is 1. The number of methoxy groups -OCH3 is 1. The maximum atomic E-state index is 11.2. The van der Waals surface area contributed by atoms with Gasteiger partial charge in [0.2, 0.25) is 0 Å². The van der Waals surface area contributed by atoms with Crippen LogP contribution in [0.4, 0.5) is 5.69 Å². The molecule has 0 aliphatic carbocycles. The first-order valence-electron chi connectivity index (χ1n) is 5.14. The lowest BCUT2D eigenvalue weighted by molar-refractivity contribution is 0.0601. The molecule has 0 aliphatic rings. The van der Waals surface area contributed by atoms with Gasteiger partial charge in [0, 0.05) is 11.2 Å². The number of carbonyl (C=O) groups is 1. The number of carbonyl (C=O) groups excluding carboxylic acids is 1. The highest BCUT2D eigenvalue weighted by Gasteiger charge is 2.08. The Morgan fingerprint density at radius 3 is 2.19 bits per heavy atom. The molecule has 16 heavy (non-hydrogen) atoms. The van der Waals surface area contributed by atoms with Crippen LogP contribution in [0.5, 0.6) is 0 Å². The van der Waals surface area contributed by atoms with E-state index in [2.05, 4.69) is 36.4 Å². The van der Waals surface area contributed by atoms with E-state index < -0.39 is 0 Å². The van der Waals surface area contributed by atoms with E-state index in [1.54, 1.807) is 12.1 Å². The van der Waals surface area contributed by atoms with Crippen molar-refractivity contribution >= 4 is 11.7 Å². The van der Waals surface area contributed by atoms with Crippen LogP contribution in [0, 0.1) is 0 Å². The van der Waals surface area contributed by atoms with Gasteiger partial charge in [0.25, 0.3) is 0 Å². The topological polar surface area (TPSA) is 50.4 Å². The quantitative estimate of drug-likeness (QED) is 0.608. The van der Waals surface area contributed by atoms with Gasteiger partial charge < -0.3 is 10.2 Å². The van der Waals surface area contributed by atoms with Crippen LogP contribution in [0.3, 0.4) is 0 Å². The molecule has 4 nitrogen and oxygen atoms in total. The number of hydrazine groups is 1. The second-order valence-electron chi connectivity index (χ2n) is 4.57. The summed E-state index contributed by atoms with van der Waals surface area (Å²) in [5.74, 6) is -0.324. The molecule has 0 unspecified atom stereocenters. The Hall–Kier alpha value is -1.55. The van der Waals surface area contributed by atoms with E-state index in [1.165, 1.54) is 7.11 Å². The summed E-state index contributed by atoms with van der Waals surface area (Å²) in [5.41, 5.74) is 7.64. The van der Waals surface area contributed by atoms with Gasteiger partial charge in [0.15, 0.2) is 0 Å². The van der Waals surface area contributed by atoms with E-state index in [0.29, 0.717) is 5.56 Å². The predicted octanol–water partition coefficient (Wildman–Crippen LogP) is 2.19. The first-order chi connectivity index (χ1) is 7.42. The first kappa shape index (κ1) is 12.5. The minimum absolute atomic E-state index is 0.0129. The van der Waals surface area contributed by atoms with E-state index in [9.17, 15) is 4.79 Å². The fourth-order valence-corrected chi connectivity index (χ4v) is 1.07. The van der Waals surface area contributed by atoms with Crippen molar-refractivity contribution < 1.29 is 9.53 Å². The van der Waals surface area contributed by atoms with E-state index in [-0.39, 0.29) is 11.5 Å². The van der Waals surface area contributed by atoms with Crippen LogP contribution in [0.1, 0.15) is 31.1 Å². The highest BCUT2D eigenvalue weighted by atomic mass is 16.5. The summed E-state index contributed by atoms with van der Waals surface area (Å²) in [6, 6.07) is 7.09. The van der Waals surface area contributed by atoms with Crippen molar-refractivity contribution in [3.05, 3.63) is 29.8 Å². The third-order valence-corrected chi connectivity index (χ3v) is 1.89. The maximum absolute atomic E-state index is 11.2.